The molecular formula is C9H11FO. The van der Waals surface area contributed by atoms with Gasteiger partial charge in [-0.2, -0.15) is 0 Å². The molecule has 60 valence electrons. The first-order valence-electron chi connectivity index (χ1n) is 3.60. The number of halogens is 1. The third-order valence-corrected chi connectivity index (χ3v) is 1.43. The summed E-state index contributed by atoms with van der Waals surface area (Å²) < 4.78 is 12.4. The molecule has 1 rings (SSSR count). The monoisotopic (exact) mass is 154 g/mol. The van der Waals surface area contributed by atoms with E-state index in [4.69, 9.17) is 5.11 Å². The largest absolute Gasteiger partial charge is 0.508 e. The SMILES string of the molecule is CC(F)Cc1cccc(O)c1. The van der Waals surface area contributed by atoms with E-state index in [1.54, 1.807) is 24.3 Å². The second kappa shape index (κ2) is 3.37. The number of rotatable bonds is 2. The fourth-order valence-corrected chi connectivity index (χ4v) is 1.01. The average Bonchev–Trinajstić information content (AvgIpc) is 1.85. The molecule has 0 aromatic heterocycles. The lowest BCUT2D eigenvalue weighted by molar-refractivity contribution is 0.359. The van der Waals surface area contributed by atoms with Crippen LogP contribution in [-0.2, 0) is 6.42 Å². The number of alkyl halides is 1. The zero-order valence-corrected chi connectivity index (χ0v) is 6.42. The lowest BCUT2D eigenvalue weighted by atomic mass is 10.1. The van der Waals surface area contributed by atoms with E-state index < -0.39 is 6.17 Å². The molecule has 1 nitrogen and oxygen atoms in total. The Labute approximate surface area is 65.5 Å². The number of hydrogen-bond acceptors (Lipinski definition) is 1. The third kappa shape index (κ3) is 2.58. The van der Waals surface area contributed by atoms with Crippen molar-refractivity contribution in [3.05, 3.63) is 29.8 Å². The van der Waals surface area contributed by atoms with Gasteiger partial charge in [-0.25, -0.2) is 4.39 Å². The van der Waals surface area contributed by atoms with Crippen LogP contribution in [0.2, 0.25) is 0 Å². The first-order valence-corrected chi connectivity index (χ1v) is 3.60. The van der Waals surface area contributed by atoms with E-state index in [9.17, 15) is 4.39 Å². The summed E-state index contributed by atoms with van der Waals surface area (Å²) in [6.45, 7) is 1.50. The van der Waals surface area contributed by atoms with Gasteiger partial charge < -0.3 is 5.11 Å². The van der Waals surface area contributed by atoms with Gasteiger partial charge in [0.15, 0.2) is 0 Å². The molecular weight excluding hydrogens is 143 g/mol. The zero-order valence-electron chi connectivity index (χ0n) is 6.42. The molecule has 0 aliphatic carbocycles. The minimum Gasteiger partial charge on any atom is -0.508 e. The number of phenolic OH excluding ortho intramolecular Hbond substituents is 1. The lowest BCUT2D eigenvalue weighted by Crippen LogP contribution is -1.97. The summed E-state index contributed by atoms with van der Waals surface area (Å²) in [5.74, 6) is 0.197. The Kier molecular flexibility index (Phi) is 2.47. The minimum absolute atomic E-state index is 0.197. The molecule has 0 amide bonds. The molecule has 1 aromatic carbocycles. The molecule has 2 heteroatoms. The average molecular weight is 154 g/mol. The molecule has 0 bridgehead atoms. The van der Waals surface area contributed by atoms with Gasteiger partial charge >= 0.3 is 0 Å². The molecule has 1 N–H and O–H groups in total. The van der Waals surface area contributed by atoms with E-state index in [1.807, 2.05) is 0 Å². The molecule has 0 saturated heterocycles. The van der Waals surface area contributed by atoms with Gasteiger partial charge in [0, 0.05) is 6.42 Å². The molecule has 0 heterocycles. The Balaban J connectivity index is 2.71. The highest BCUT2D eigenvalue weighted by Crippen LogP contribution is 2.13. The third-order valence-electron chi connectivity index (χ3n) is 1.43. The van der Waals surface area contributed by atoms with E-state index in [2.05, 4.69) is 0 Å². The second-order valence-corrected chi connectivity index (χ2v) is 2.65. The van der Waals surface area contributed by atoms with E-state index in [0.717, 1.165) is 5.56 Å². The molecule has 11 heavy (non-hydrogen) atoms. The Morgan fingerprint density at radius 1 is 1.55 bits per heavy atom. The van der Waals surface area contributed by atoms with Crippen LogP contribution in [0.3, 0.4) is 0 Å². The zero-order chi connectivity index (χ0) is 8.27. The van der Waals surface area contributed by atoms with Crippen molar-refractivity contribution in [2.45, 2.75) is 19.5 Å². The molecule has 0 fully saturated rings. The molecule has 0 spiro atoms. The van der Waals surface area contributed by atoms with Crippen LogP contribution >= 0.6 is 0 Å². The van der Waals surface area contributed by atoms with Crippen molar-refractivity contribution in [2.75, 3.05) is 0 Å². The molecule has 1 unspecified atom stereocenters. The van der Waals surface area contributed by atoms with E-state index in [0.29, 0.717) is 6.42 Å². The first-order chi connectivity index (χ1) is 5.18. The van der Waals surface area contributed by atoms with Gasteiger partial charge in [0.25, 0.3) is 0 Å². The second-order valence-electron chi connectivity index (χ2n) is 2.65. The number of benzene rings is 1. The summed E-state index contributed by atoms with van der Waals surface area (Å²) in [7, 11) is 0. The number of hydrogen-bond donors (Lipinski definition) is 1. The van der Waals surface area contributed by atoms with Gasteiger partial charge in [0.1, 0.15) is 11.9 Å². The van der Waals surface area contributed by atoms with Crippen LogP contribution in [0.4, 0.5) is 4.39 Å². The summed E-state index contributed by atoms with van der Waals surface area (Å²) in [4.78, 5) is 0. The van der Waals surface area contributed by atoms with Gasteiger partial charge in [-0.05, 0) is 24.6 Å². The Bertz CT molecular complexity index is 233. The number of aromatic hydroxyl groups is 1. The topological polar surface area (TPSA) is 20.2 Å². The summed E-state index contributed by atoms with van der Waals surface area (Å²) >= 11 is 0. The smallest absolute Gasteiger partial charge is 0.115 e. The maximum Gasteiger partial charge on any atom is 0.115 e. The minimum atomic E-state index is -0.850. The molecule has 0 aliphatic heterocycles. The Morgan fingerprint density at radius 2 is 2.27 bits per heavy atom. The maximum atomic E-state index is 12.4. The van der Waals surface area contributed by atoms with Crippen molar-refractivity contribution in [1.29, 1.82) is 0 Å². The van der Waals surface area contributed by atoms with E-state index in [1.165, 1.54) is 6.92 Å². The highest BCUT2D eigenvalue weighted by Gasteiger charge is 2.00. The van der Waals surface area contributed by atoms with Crippen molar-refractivity contribution < 1.29 is 9.50 Å². The van der Waals surface area contributed by atoms with Crippen molar-refractivity contribution in [2.24, 2.45) is 0 Å². The van der Waals surface area contributed by atoms with Crippen LogP contribution < -0.4 is 0 Å². The van der Waals surface area contributed by atoms with Crippen LogP contribution in [-0.4, -0.2) is 11.3 Å². The standard InChI is InChI=1S/C9H11FO/c1-7(10)5-8-3-2-4-9(11)6-8/h2-4,6-7,11H,5H2,1H3. The highest BCUT2D eigenvalue weighted by molar-refractivity contribution is 5.27. The molecule has 0 aliphatic rings. The maximum absolute atomic E-state index is 12.4. The van der Waals surface area contributed by atoms with Crippen LogP contribution in [0.15, 0.2) is 24.3 Å². The van der Waals surface area contributed by atoms with Gasteiger partial charge in [-0.3, -0.25) is 0 Å². The summed E-state index contributed by atoms with van der Waals surface area (Å²) in [5.41, 5.74) is 0.833. The molecule has 1 aromatic rings. The molecule has 0 radical (unpaired) electrons. The van der Waals surface area contributed by atoms with Crippen molar-refractivity contribution in [3.8, 4) is 5.75 Å². The van der Waals surface area contributed by atoms with Crippen LogP contribution in [0, 0.1) is 0 Å². The van der Waals surface area contributed by atoms with Gasteiger partial charge in [0.05, 0.1) is 0 Å². The van der Waals surface area contributed by atoms with E-state index >= 15 is 0 Å². The van der Waals surface area contributed by atoms with Crippen molar-refractivity contribution >= 4 is 0 Å². The predicted octanol–water partition coefficient (Wildman–Crippen LogP) is 2.29. The number of phenols is 1. The predicted molar refractivity (Wildman–Crippen MR) is 42.4 cm³/mol. The van der Waals surface area contributed by atoms with Crippen molar-refractivity contribution in [1.82, 2.24) is 0 Å². The summed E-state index contributed by atoms with van der Waals surface area (Å²) in [6, 6.07) is 6.67. The quantitative estimate of drug-likeness (QED) is 0.693. The van der Waals surface area contributed by atoms with Gasteiger partial charge in [-0.15, -0.1) is 0 Å². The summed E-state index contributed by atoms with van der Waals surface area (Å²) in [6.07, 6.45) is -0.481. The fourth-order valence-electron chi connectivity index (χ4n) is 1.01. The molecule has 0 saturated carbocycles. The summed E-state index contributed by atoms with van der Waals surface area (Å²) in [5, 5.41) is 9.00. The van der Waals surface area contributed by atoms with E-state index in [-0.39, 0.29) is 5.75 Å². The first kappa shape index (κ1) is 8.05. The van der Waals surface area contributed by atoms with Crippen LogP contribution in [0.25, 0.3) is 0 Å². The van der Waals surface area contributed by atoms with Crippen LogP contribution in [0.1, 0.15) is 12.5 Å². The lowest BCUT2D eigenvalue weighted by Gasteiger charge is -2.01. The molecule has 1 atom stereocenters. The fraction of sp³-hybridized carbons (Fsp3) is 0.333. The Morgan fingerprint density at radius 3 is 2.82 bits per heavy atom. The normalized spacial score (nSPS) is 12.9. The van der Waals surface area contributed by atoms with Gasteiger partial charge in [-0.1, -0.05) is 12.1 Å². The van der Waals surface area contributed by atoms with Crippen molar-refractivity contribution in [3.63, 3.8) is 0 Å². The van der Waals surface area contributed by atoms with Crippen LogP contribution in [0.5, 0.6) is 5.75 Å². The Hall–Kier alpha value is -1.05. The van der Waals surface area contributed by atoms with Gasteiger partial charge in [0.2, 0.25) is 0 Å². The highest BCUT2D eigenvalue weighted by atomic mass is 19.1.